The number of rotatable bonds is 5. The van der Waals surface area contributed by atoms with E-state index in [9.17, 15) is 0 Å². The normalized spacial score (nSPS) is 15.4. The molecule has 296 valence electrons. The van der Waals surface area contributed by atoms with Crippen LogP contribution in [0.1, 0.15) is 45.0 Å². The molecule has 0 bridgehead atoms. The number of para-hydroxylation sites is 3. The molecule has 1 spiro atoms. The molecular formula is C59H38N2O2. The van der Waals surface area contributed by atoms with Gasteiger partial charge in [0.15, 0.2) is 0 Å². The molecule has 0 saturated carbocycles. The van der Waals surface area contributed by atoms with Gasteiger partial charge in [-0.25, -0.2) is 0 Å². The summed E-state index contributed by atoms with van der Waals surface area (Å²) in [6.45, 7) is 0. The fourth-order valence-electron chi connectivity index (χ4n) is 10.4. The van der Waals surface area contributed by atoms with E-state index in [2.05, 4.69) is 206 Å². The first kappa shape index (κ1) is 35.5. The predicted octanol–water partition coefficient (Wildman–Crippen LogP) is 14.5. The second kappa shape index (κ2) is 13.9. The Hall–Kier alpha value is -8.21. The highest BCUT2D eigenvalue weighted by atomic mass is 16.5. The van der Waals surface area contributed by atoms with E-state index in [-0.39, 0.29) is 6.04 Å². The molecule has 10 aromatic rings. The zero-order chi connectivity index (χ0) is 41.5. The molecule has 9 aromatic carbocycles. The minimum absolute atomic E-state index is 0.209. The monoisotopic (exact) mass is 806 g/mol. The SMILES string of the molecule is C1=C(c2cccc(-c3ccc4c(c3)C3(c5ccccc5O4)c4ccccc4-c4ccccc43)c2)NC(c2ccccc2)=NC1c1ccc(-c2cccc3c2oc2ccccc23)cc1. The van der Waals surface area contributed by atoms with Gasteiger partial charge in [0, 0.05) is 38.7 Å². The van der Waals surface area contributed by atoms with Crippen molar-refractivity contribution in [3.05, 3.63) is 257 Å². The highest BCUT2D eigenvalue weighted by Crippen LogP contribution is 2.62. The predicted molar refractivity (Wildman–Crippen MR) is 255 cm³/mol. The van der Waals surface area contributed by atoms with Gasteiger partial charge in [-0.2, -0.15) is 0 Å². The van der Waals surface area contributed by atoms with Crippen LogP contribution in [0.5, 0.6) is 11.5 Å². The van der Waals surface area contributed by atoms with Crippen molar-refractivity contribution in [1.82, 2.24) is 5.32 Å². The van der Waals surface area contributed by atoms with Crippen LogP contribution in [0.3, 0.4) is 0 Å². The van der Waals surface area contributed by atoms with Gasteiger partial charge in [-0.05, 0) is 86.5 Å². The molecule has 13 rings (SSSR count). The quantitative estimate of drug-likeness (QED) is 0.188. The Morgan fingerprint density at radius 1 is 0.429 bits per heavy atom. The Morgan fingerprint density at radius 2 is 1.03 bits per heavy atom. The first-order valence-electron chi connectivity index (χ1n) is 21.6. The number of hydrogen-bond acceptors (Lipinski definition) is 4. The van der Waals surface area contributed by atoms with Crippen LogP contribution < -0.4 is 10.1 Å². The van der Waals surface area contributed by atoms with Crippen molar-refractivity contribution >= 4 is 33.5 Å². The summed E-state index contributed by atoms with van der Waals surface area (Å²) in [5.41, 5.74) is 17.3. The molecule has 1 aromatic heterocycles. The summed E-state index contributed by atoms with van der Waals surface area (Å²) < 4.78 is 13.1. The zero-order valence-corrected chi connectivity index (χ0v) is 34.1. The van der Waals surface area contributed by atoms with E-state index in [0.29, 0.717) is 0 Å². The molecule has 3 heterocycles. The van der Waals surface area contributed by atoms with Crippen molar-refractivity contribution in [2.24, 2.45) is 4.99 Å². The minimum Gasteiger partial charge on any atom is -0.457 e. The van der Waals surface area contributed by atoms with Crippen LogP contribution in [0.25, 0.3) is 61.0 Å². The van der Waals surface area contributed by atoms with Gasteiger partial charge >= 0.3 is 0 Å². The lowest BCUT2D eigenvalue weighted by Crippen LogP contribution is -2.32. The van der Waals surface area contributed by atoms with Crippen LogP contribution in [0.2, 0.25) is 0 Å². The minimum atomic E-state index is -0.527. The molecule has 63 heavy (non-hydrogen) atoms. The van der Waals surface area contributed by atoms with Gasteiger partial charge in [0.05, 0.1) is 11.5 Å². The van der Waals surface area contributed by atoms with Crippen molar-refractivity contribution in [2.45, 2.75) is 11.5 Å². The Balaban J connectivity index is 0.902. The van der Waals surface area contributed by atoms with E-state index in [1.165, 1.54) is 22.3 Å². The molecule has 0 radical (unpaired) electrons. The third-order valence-electron chi connectivity index (χ3n) is 13.2. The molecule has 1 aliphatic carbocycles. The molecule has 2 aliphatic heterocycles. The lowest BCUT2D eigenvalue weighted by atomic mass is 9.66. The van der Waals surface area contributed by atoms with E-state index >= 15 is 0 Å². The maximum Gasteiger partial charge on any atom is 0.143 e. The lowest BCUT2D eigenvalue weighted by molar-refractivity contribution is 0.436. The second-order valence-electron chi connectivity index (χ2n) is 16.6. The zero-order valence-electron chi connectivity index (χ0n) is 34.1. The van der Waals surface area contributed by atoms with Crippen LogP contribution in [0.4, 0.5) is 0 Å². The second-order valence-corrected chi connectivity index (χ2v) is 16.6. The fourth-order valence-corrected chi connectivity index (χ4v) is 10.4. The molecule has 3 aliphatic rings. The molecule has 0 fully saturated rings. The Bertz CT molecular complexity index is 3480. The van der Waals surface area contributed by atoms with E-state index in [1.54, 1.807) is 0 Å². The van der Waals surface area contributed by atoms with Crippen molar-refractivity contribution in [3.63, 3.8) is 0 Å². The summed E-state index contributed by atoms with van der Waals surface area (Å²) in [5.74, 6) is 2.61. The van der Waals surface area contributed by atoms with E-state index in [1.807, 2.05) is 18.2 Å². The Morgan fingerprint density at radius 3 is 1.86 bits per heavy atom. The van der Waals surface area contributed by atoms with Gasteiger partial charge in [-0.3, -0.25) is 4.99 Å². The van der Waals surface area contributed by atoms with Crippen LogP contribution >= 0.6 is 0 Å². The van der Waals surface area contributed by atoms with Gasteiger partial charge in [0.1, 0.15) is 28.5 Å². The molecule has 1 N–H and O–H groups in total. The maximum atomic E-state index is 6.74. The number of nitrogens with zero attached hydrogens (tertiary/aromatic N) is 1. The van der Waals surface area contributed by atoms with E-state index in [4.69, 9.17) is 14.1 Å². The van der Waals surface area contributed by atoms with Crippen LogP contribution in [0.15, 0.2) is 228 Å². The maximum absolute atomic E-state index is 6.74. The highest BCUT2D eigenvalue weighted by Gasteiger charge is 2.51. The summed E-state index contributed by atoms with van der Waals surface area (Å²) in [6.07, 6.45) is 2.25. The average Bonchev–Trinajstić information content (AvgIpc) is 3.88. The van der Waals surface area contributed by atoms with Gasteiger partial charge in [-0.1, -0.05) is 182 Å². The summed E-state index contributed by atoms with van der Waals surface area (Å²) in [5, 5.41) is 5.99. The molecule has 1 atom stereocenters. The number of nitrogens with one attached hydrogen (secondary N) is 1. The summed E-state index contributed by atoms with van der Waals surface area (Å²) >= 11 is 0. The van der Waals surface area contributed by atoms with Gasteiger partial charge < -0.3 is 14.5 Å². The van der Waals surface area contributed by atoms with Crippen LogP contribution in [0, 0.1) is 0 Å². The lowest BCUT2D eigenvalue weighted by Gasteiger charge is -2.39. The number of benzene rings is 9. The van der Waals surface area contributed by atoms with Gasteiger partial charge in [-0.15, -0.1) is 0 Å². The third-order valence-corrected chi connectivity index (χ3v) is 13.2. The molecule has 1 unspecified atom stereocenters. The van der Waals surface area contributed by atoms with Crippen LogP contribution in [-0.4, -0.2) is 5.84 Å². The van der Waals surface area contributed by atoms with Gasteiger partial charge in [0.25, 0.3) is 0 Å². The number of amidine groups is 1. The molecule has 0 amide bonds. The Labute approximate surface area is 365 Å². The third kappa shape index (κ3) is 5.44. The van der Waals surface area contributed by atoms with Crippen molar-refractivity contribution in [2.75, 3.05) is 0 Å². The highest BCUT2D eigenvalue weighted by molar-refractivity contribution is 6.09. The summed E-state index contributed by atoms with van der Waals surface area (Å²) in [4.78, 5) is 5.30. The number of ether oxygens (including phenoxy) is 1. The first-order chi connectivity index (χ1) is 31.2. The smallest absolute Gasteiger partial charge is 0.143 e. The Kier molecular flexibility index (Phi) is 7.85. The van der Waals surface area contributed by atoms with Crippen molar-refractivity contribution in [3.8, 4) is 44.9 Å². The standard InChI is InChI=1S/C59H38N2O2/c1-2-14-39(15-3-1)58-60-52(38-30-28-37(29-31-38)43-21-13-22-47-46-20-6-10-26-54(46)63-57(43)47)36-53(61-58)42-17-12-16-40(34-42)41-32-33-56-51(35-41)59(50-25-9-11-27-55(50)62-56)48-23-7-4-18-44(48)45-19-5-8-24-49(45)59/h1-36,52H,(H,60,61). The summed E-state index contributed by atoms with van der Waals surface area (Å²) in [7, 11) is 0. The van der Waals surface area contributed by atoms with Crippen molar-refractivity contribution < 1.29 is 9.15 Å². The van der Waals surface area contributed by atoms with E-state index in [0.717, 1.165) is 95.0 Å². The fraction of sp³-hybridized carbons (Fsp3) is 0.0339. The van der Waals surface area contributed by atoms with E-state index < -0.39 is 5.41 Å². The molecule has 4 nitrogen and oxygen atoms in total. The van der Waals surface area contributed by atoms with Crippen molar-refractivity contribution in [1.29, 1.82) is 0 Å². The average molecular weight is 807 g/mol. The van der Waals surface area contributed by atoms with Crippen LogP contribution in [-0.2, 0) is 5.41 Å². The molecule has 0 saturated heterocycles. The number of hydrogen-bond donors (Lipinski definition) is 1. The largest absolute Gasteiger partial charge is 0.457 e. The molecular weight excluding hydrogens is 769 g/mol. The number of fused-ring (bicyclic) bond motifs is 12. The topological polar surface area (TPSA) is 46.8 Å². The number of furan rings is 1. The summed E-state index contributed by atoms with van der Waals surface area (Å²) in [6, 6.07) is 75.4. The molecule has 4 heteroatoms. The number of aliphatic imine (C=N–C) groups is 1. The van der Waals surface area contributed by atoms with Gasteiger partial charge in [0.2, 0.25) is 0 Å². The first-order valence-corrected chi connectivity index (χ1v) is 21.6.